The molecule has 0 bridgehead atoms. The number of quaternary nitrogens is 1. The van der Waals surface area contributed by atoms with Crippen LogP contribution < -0.4 is 5.32 Å². The zero-order valence-corrected chi connectivity index (χ0v) is 44.8. The number of amides is 1. The Morgan fingerprint density at radius 1 is 0.537 bits per heavy atom. The predicted octanol–water partition coefficient (Wildman–Crippen LogP) is 15.9. The lowest BCUT2D eigenvalue weighted by Gasteiger charge is -2.27. The van der Waals surface area contributed by atoms with Gasteiger partial charge in [0, 0.05) is 12.8 Å². The monoisotopic (exact) mass is 958 g/mol. The van der Waals surface area contributed by atoms with E-state index in [1.807, 2.05) is 94.1 Å². The highest BCUT2D eigenvalue weighted by Crippen LogP contribution is 2.43. The molecule has 0 aromatic heterocycles. The van der Waals surface area contributed by atoms with Crippen LogP contribution >= 0.6 is 7.82 Å². The van der Waals surface area contributed by atoms with Gasteiger partial charge in [-0.25, -0.2) is 4.57 Å². The highest BCUT2D eigenvalue weighted by Gasteiger charge is 2.30. The van der Waals surface area contributed by atoms with Gasteiger partial charge in [-0.3, -0.25) is 18.6 Å². The van der Waals surface area contributed by atoms with Crippen LogP contribution in [0.15, 0.2) is 85.1 Å². The maximum absolute atomic E-state index is 13.4. The quantitative estimate of drug-likeness (QED) is 0.0156. The highest BCUT2D eigenvalue weighted by atomic mass is 31.2. The number of likely N-dealkylation sites (N-methyl/N-ethyl adjacent to an activating group) is 1. The zero-order chi connectivity index (χ0) is 49.4. The molecule has 0 aliphatic carbocycles. The van der Waals surface area contributed by atoms with Crippen LogP contribution in [0.2, 0.25) is 0 Å². The number of phosphoric acid groups is 1. The largest absolute Gasteiger partial charge is 0.472 e. The number of esters is 1. The lowest BCUT2D eigenvalue weighted by molar-refractivity contribution is -0.870. The lowest BCUT2D eigenvalue weighted by Crippen LogP contribution is -2.47. The summed E-state index contributed by atoms with van der Waals surface area (Å²) in [6, 6.07) is -0.872. The molecule has 0 aliphatic heterocycles. The number of carbonyl (C=O) groups is 2. The van der Waals surface area contributed by atoms with Crippen molar-refractivity contribution in [3.05, 3.63) is 85.1 Å². The summed E-state index contributed by atoms with van der Waals surface area (Å²) in [4.78, 5) is 37.4. The molecule has 0 fully saturated rings. The average molecular weight is 958 g/mol. The normalized spacial score (nSPS) is 14.6. The second-order valence-electron chi connectivity index (χ2n) is 19.2. The second-order valence-corrected chi connectivity index (χ2v) is 20.6. The first kappa shape index (κ1) is 64.2. The molecule has 0 aliphatic rings. The van der Waals surface area contributed by atoms with Gasteiger partial charge in [0.15, 0.2) is 0 Å². The molecule has 3 unspecified atom stereocenters. The van der Waals surface area contributed by atoms with Crippen molar-refractivity contribution in [2.45, 2.75) is 226 Å². The summed E-state index contributed by atoms with van der Waals surface area (Å²) in [6.07, 6.45) is 60.0. The van der Waals surface area contributed by atoms with Crippen LogP contribution in [0, 0.1) is 0 Å². The Hall–Kier alpha value is -2.81. The fourth-order valence-corrected chi connectivity index (χ4v) is 8.06. The van der Waals surface area contributed by atoms with E-state index >= 15 is 0 Å². The summed E-state index contributed by atoms with van der Waals surface area (Å²) in [6.45, 7) is 6.80. The van der Waals surface area contributed by atoms with Gasteiger partial charge in [-0.1, -0.05) is 235 Å². The first-order valence-electron chi connectivity index (χ1n) is 27.0. The zero-order valence-electron chi connectivity index (χ0n) is 43.9. The molecule has 2 N–H and O–H groups in total. The number of ether oxygens (including phenoxy) is 1. The lowest BCUT2D eigenvalue weighted by atomic mass is 10.0. The first-order valence-corrected chi connectivity index (χ1v) is 28.5. The molecular formula is C57H102N2O7P+. The molecule has 386 valence electrons. The van der Waals surface area contributed by atoms with Gasteiger partial charge in [-0.05, 0) is 51.0 Å². The number of hydrogen-bond donors (Lipinski definition) is 2. The van der Waals surface area contributed by atoms with Crippen molar-refractivity contribution < 1.29 is 37.3 Å². The van der Waals surface area contributed by atoms with Crippen LogP contribution in [-0.4, -0.2) is 74.3 Å². The minimum absolute atomic E-state index is 0.0280. The molecule has 0 radical (unpaired) electrons. The number of unbranched alkanes of at least 4 members (excludes halogenated alkanes) is 24. The summed E-state index contributed by atoms with van der Waals surface area (Å²) in [5.41, 5.74) is 0. The minimum atomic E-state index is -4.45. The third-order valence-corrected chi connectivity index (χ3v) is 12.5. The van der Waals surface area contributed by atoms with E-state index in [1.165, 1.54) is 109 Å². The van der Waals surface area contributed by atoms with E-state index in [0.29, 0.717) is 17.4 Å². The summed E-state index contributed by atoms with van der Waals surface area (Å²) < 4.78 is 30.5. The fourth-order valence-electron chi connectivity index (χ4n) is 7.32. The molecule has 0 aromatic carbocycles. The molecule has 0 rings (SSSR count). The smallest absolute Gasteiger partial charge is 0.456 e. The predicted molar refractivity (Wildman–Crippen MR) is 286 cm³/mol. The number of hydrogen-bond acceptors (Lipinski definition) is 6. The van der Waals surface area contributed by atoms with E-state index in [0.717, 1.165) is 64.2 Å². The Labute approximate surface area is 412 Å². The average Bonchev–Trinajstić information content (AvgIpc) is 3.28. The van der Waals surface area contributed by atoms with Crippen molar-refractivity contribution >= 4 is 19.7 Å². The fraction of sp³-hybridized carbons (Fsp3) is 0.719. The van der Waals surface area contributed by atoms with Crippen LogP contribution in [0.25, 0.3) is 0 Å². The van der Waals surface area contributed by atoms with Gasteiger partial charge < -0.3 is 19.4 Å². The molecule has 10 heteroatoms. The first-order chi connectivity index (χ1) is 32.4. The van der Waals surface area contributed by atoms with Gasteiger partial charge in [0.2, 0.25) is 5.91 Å². The van der Waals surface area contributed by atoms with Crippen molar-refractivity contribution in [3.63, 3.8) is 0 Å². The van der Waals surface area contributed by atoms with Gasteiger partial charge >= 0.3 is 13.8 Å². The Bertz CT molecular complexity index is 1430. The molecule has 0 spiro atoms. The molecule has 1 amide bonds. The van der Waals surface area contributed by atoms with Gasteiger partial charge in [0.05, 0.1) is 33.8 Å². The van der Waals surface area contributed by atoms with Gasteiger partial charge in [0.1, 0.15) is 19.3 Å². The Balaban J connectivity index is 5.48. The summed E-state index contributed by atoms with van der Waals surface area (Å²) in [7, 11) is 1.45. The van der Waals surface area contributed by atoms with Crippen LogP contribution in [0.1, 0.15) is 213 Å². The SMILES string of the molecule is CC\C=C/C=C/C=C/C=C\C=C\C=C\CCCCCC(=O)NC(COP(=O)(O)OCC[N+](C)(C)C)C(/C=C/CCCCCCCCCCC)OC(=O)CCCCCCCCCCCCCCC. The van der Waals surface area contributed by atoms with Crippen LogP contribution in [0.4, 0.5) is 0 Å². The van der Waals surface area contributed by atoms with E-state index in [9.17, 15) is 19.0 Å². The molecule has 67 heavy (non-hydrogen) atoms. The topological polar surface area (TPSA) is 111 Å². The van der Waals surface area contributed by atoms with Crippen molar-refractivity contribution in [3.8, 4) is 0 Å². The van der Waals surface area contributed by atoms with Crippen LogP contribution in [-0.2, 0) is 27.9 Å². The number of nitrogens with one attached hydrogen (secondary N) is 1. The Morgan fingerprint density at radius 2 is 0.955 bits per heavy atom. The van der Waals surface area contributed by atoms with Gasteiger partial charge in [0.25, 0.3) is 0 Å². The third-order valence-electron chi connectivity index (χ3n) is 11.5. The molecular weight excluding hydrogens is 856 g/mol. The Morgan fingerprint density at radius 3 is 1.45 bits per heavy atom. The number of carbonyl (C=O) groups excluding carboxylic acids is 2. The maximum atomic E-state index is 13.4. The number of phosphoric ester groups is 1. The van der Waals surface area contributed by atoms with Crippen molar-refractivity contribution in [1.82, 2.24) is 5.32 Å². The van der Waals surface area contributed by atoms with Gasteiger partial charge in [-0.2, -0.15) is 0 Å². The van der Waals surface area contributed by atoms with Crippen molar-refractivity contribution in [2.75, 3.05) is 40.9 Å². The molecule has 0 saturated heterocycles. The summed E-state index contributed by atoms with van der Waals surface area (Å²) in [5, 5.41) is 3.01. The Kier molecular flexibility index (Phi) is 44.9. The summed E-state index contributed by atoms with van der Waals surface area (Å²) in [5.74, 6) is -0.560. The standard InChI is InChI=1S/C57H101N2O7P/c1-7-10-13-16-19-22-25-27-28-29-30-32-34-37-40-43-46-49-56(60)58-54(53-65-67(62,63)64-52-51-59(4,5)6)55(48-45-42-39-36-33-24-21-18-15-12-9-3)66-57(61)50-47-44-41-38-35-31-26-23-20-17-14-11-8-2/h10,13,16,19,22,25,27-30,32,34,45,48,54-55H,7-9,11-12,14-15,17-18,20-21,23-24,26,31,33,35-44,46-47,49-53H2,1-6H3,(H-,58,60,62,63)/p+1/b13-10-,19-16+,25-22+,28-27-,30-29+,34-32+,48-45+. The van der Waals surface area contributed by atoms with E-state index in [-0.39, 0.29) is 37.9 Å². The van der Waals surface area contributed by atoms with E-state index in [1.54, 1.807) is 0 Å². The second kappa shape index (κ2) is 46.9. The van der Waals surface area contributed by atoms with Crippen molar-refractivity contribution in [2.24, 2.45) is 0 Å². The molecule has 3 atom stereocenters. The molecule has 9 nitrogen and oxygen atoms in total. The number of nitrogens with zero attached hydrogens (tertiary/aromatic N) is 1. The molecule has 0 heterocycles. The van der Waals surface area contributed by atoms with Gasteiger partial charge in [-0.15, -0.1) is 0 Å². The highest BCUT2D eigenvalue weighted by molar-refractivity contribution is 7.47. The van der Waals surface area contributed by atoms with E-state index in [2.05, 4.69) is 38.2 Å². The van der Waals surface area contributed by atoms with Crippen LogP contribution in [0.5, 0.6) is 0 Å². The van der Waals surface area contributed by atoms with Crippen molar-refractivity contribution in [1.29, 1.82) is 0 Å². The summed E-state index contributed by atoms with van der Waals surface area (Å²) >= 11 is 0. The van der Waals surface area contributed by atoms with E-state index < -0.39 is 20.0 Å². The molecule has 0 aromatic rings. The van der Waals surface area contributed by atoms with Crippen LogP contribution in [0.3, 0.4) is 0 Å². The number of allylic oxidation sites excluding steroid dienone is 13. The third kappa shape index (κ3) is 48.0. The number of rotatable bonds is 47. The van der Waals surface area contributed by atoms with E-state index in [4.69, 9.17) is 13.8 Å². The maximum Gasteiger partial charge on any atom is 0.472 e. The minimum Gasteiger partial charge on any atom is -0.456 e. The molecule has 0 saturated carbocycles.